The number of aromatic nitrogens is 2. The minimum Gasteiger partial charge on any atom is -0.344 e. The molecule has 1 aromatic heterocycles. The first-order chi connectivity index (χ1) is 6.25. The molecule has 1 aromatic rings. The van der Waals surface area contributed by atoms with Gasteiger partial charge >= 0.3 is 0 Å². The SMILES string of the molecule is CN(C)c1noc(CC2CNC2)n1. The van der Waals surface area contributed by atoms with Gasteiger partial charge in [0.15, 0.2) is 0 Å². The molecule has 0 amide bonds. The lowest BCUT2D eigenvalue weighted by Gasteiger charge is -2.25. The van der Waals surface area contributed by atoms with Crippen LogP contribution in [0.5, 0.6) is 0 Å². The molecule has 13 heavy (non-hydrogen) atoms. The summed E-state index contributed by atoms with van der Waals surface area (Å²) in [6.45, 7) is 2.14. The molecular weight excluding hydrogens is 168 g/mol. The highest BCUT2D eigenvalue weighted by Crippen LogP contribution is 2.13. The zero-order chi connectivity index (χ0) is 9.26. The van der Waals surface area contributed by atoms with Crippen LogP contribution in [0.1, 0.15) is 5.89 Å². The Morgan fingerprint density at radius 1 is 1.54 bits per heavy atom. The van der Waals surface area contributed by atoms with Gasteiger partial charge < -0.3 is 14.7 Å². The molecule has 1 saturated heterocycles. The summed E-state index contributed by atoms with van der Waals surface area (Å²) in [7, 11) is 3.80. The summed E-state index contributed by atoms with van der Waals surface area (Å²) in [5.41, 5.74) is 0. The second kappa shape index (κ2) is 3.33. The highest BCUT2D eigenvalue weighted by Gasteiger charge is 2.20. The van der Waals surface area contributed by atoms with Crippen LogP contribution in [0, 0.1) is 5.92 Å². The summed E-state index contributed by atoms with van der Waals surface area (Å²) in [6.07, 6.45) is 0.897. The molecule has 0 atom stereocenters. The second-order valence-electron chi connectivity index (χ2n) is 3.61. The Kier molecular flexibility index (Phi) is 2.18. The average Bonchev–Trinajstić information content (AvgIpc) is 2.44. The predicted molar refractivity (Wildman–Crippen MR) is 48.7 cm³/mol. The van der Waals surface area contributed by atoms with Crippen molar-refractivity contribution in [3.05, 3.63) is 5.89 Å². The van der Waals surface area contributed by atoms with E-state index in [9.17, 15) is 0 Å². The molecule has 0 aromatic carbocycles. The van der Waals surface area contributed by atoms with Gasteiger partial charge in [0, 0.05) is 20.5 Å². The Hall–Kier alpha value is -1.10. The minimum absolute atomic E-state index is 0.655. The Bertz CT molecular complexity index is 279. The summed E-state index contributed by atoms with van der Waals surface area (Å²) in [4.78, 5) is 6.09. The third-order valence-electron chi connectivity index (χ3n) is 2.19. The fourth-order valence-electron chi connectivity index (χ4n) is 1.25. The summed E-state index contributed by atoms with van der Waals surface area (Å²) in [5.74, 6) is 2.08. The lowest BCUT2D eigenvalue weighted by Crippen LogP contribution is -2.43. The van der Waals surface area contributed by atoms with Crippen LogP contribution in [0.3, 0.4) is 0 Å². The van der Waals surface area contributed by atoms with Crippen molar-refractivity contribution in [3.8, 4) is 0 Å². The van der Waals surface area contributed by atoms with Crippen molar-refractivity contribution < 1.29 is 4.52 Å². The van der Waals surface area contributed by atoms with Gasteiger partial charge in [0.2, 0.25) is 5.89 Å². The minimum atomic E-state index is 0.655. The summed E-state index contributed by atoms with van der Waals surface area (Å²) in [5, 5.41) is 7.06. The van der Waals surface area contributed by atoms with Crippen LogP contribution in [0.15, 0.2) is 4.52 Å². The van der Waals surface area contributed by atoms with Crippen molar-refractivity contribution in [3.63, 3.8) is 0 Å². The Morgan fingerprint density at radius 2 is 2.31 bits per heavy atom. The lowest BCUT2D eigenvalue weighted by atomic mass is 10.00. The summed E-state index contributed by atoms with van der Waals surface area (Å²) in [6, 6.07) is 0. The maximum Gasteiger partial charge on any atom is 0.265 e. The van der Waals surface area contributed by atoms with E-state index in [4.69, 9.17) is 4.52 Å². The Morgan fingerprint density at radius 3 is 2.77 bits per heavy atom. The van der Waals surface area contributed by atoms with E-state index in [0.29, 0.717) is 11.9 Å². The van der Waals surface area contributed by atoms with E-state index in [0.717, 1.165) is 25.4 Å². The molecule has 1 aliphatic rings. The van der Waals surface area contributed by atoms with Gasteiger partial charge in [0.05, 0.1) is 0 Å². The van der Waals surface area contributed by atoms with Crippen LogP contribution in [-0.4, -0.2) is 37.3 Å². The zero-order valence-corrected chi connectivity index (χ0v) is 7.95. The summed E-state index contributed by atoms with van der Waals surface area (Å²) >= 11 is 0. The first-order valence-corrected chi connectivity index (χ1v) is 4.46. The molecule has 0 bridgehead atoms. The second-order valence-corrected chi connectivity index (χ2v) is 3.61. The van der Waals surface area contributed by atoms with Gasteiger partial charge in [-0.3, -0.25) is 0 Å². The Balaban J connectivity index is 1.96. The maximum absolute atomic E-state index is 5.10. The third-order valence-corrected chi connectivity index (χ3v) is 2.19. The molecule has 0 spiro atoms. The van der Waals surface area contributed by atoms with Crippen LogP contribution in [-0.2, 0) is 6.42 Å². The topological polar surface area (TPSA) is 54.2 Å². The number of hydrogen-bond acceptors (Lipinski definition) is 5. The van der Waals surface area contributed by atoms with Gasteiger partial charge in [-0.1, -0.05) is 0 Å². The van der Waals surface area contributed by atoms with Gasteiger partial charge in [-0.15, -0.1) is 0 Å². The van der Waals surface area contributed by atoms with E-state index in [-0.39, 0.29) is 0 Å². The van der Waals surface area contributed by atoms with Crippen molar-refractivity contribution in [1.82, 2.24) is 15.5 Å². The predicted octanol–water partition coefficient (Wildman–Crippen LogP) is -0.103. The van der Waals surface area contributed by atoms with Crippen molar-refractivity contribution in [1.29, 1.82) is 0 Å². The van der Waals surface area contributed by atoms with Gasteiger partial charge in [0.25, 0.3) is 5.95 Å². The van der Waals surface area contributed by atoms with Gasteiger partial charge in [-0.2, -0.15) is 4.98 Å². The monoisotopic (exact) mass is 182 g/mol. The molecule has 2 rings (SSSR count). The first-order valence-electron chi connectivity index (χ1n) is 4.46. The molecule has 2 heterocycles. The fraction of sp³-hybridized carbons (Fsp3) is 0.750. The molecule has 1 N–H and O–H groups in total. The number of nitrogens with zero attached hydrogens (tertiary/aromatic N) is 3. The van der Waals surface area contributed by atoms with E-state index >= 15 is 0 Å². The highest BCUT2D eigenvalue weighted by atomic mass is 16.5. The van der Waals surface area contributed by atoms with Gasteiger partial charge in [-0.05, 0) is 24.2 Å². The standard InChI is InChI=1S/C8H14N4O/c1-12(2)8-10-7(13-11-8)3-6-4-9-5-6/h6,9H,3-5H2,1-2H3. The van der Waals surface area contributed by atoms with E-state index in [1.807, 2.05) is 19.0 Å². The number of anilines is 1. The van der Waals surface area contributed by atoms with Crippen molar-refractivity contribution in [2.24, 2.45) is 5.92 Å². The van der Waals surface area contributed by atoms with Crippen LogP contribution in [0.4, 0.5) is 5.95 Å². The van der Waals surface area contributed by atoms with Crippen LogP contribution in [0.2, 0.25) is 0 Å². The molecule has 1 aliphatic heterocycles. The Labute approximate surface area is 77.1 Å². The van der Waals surface area contributed by atoms with Crippen LogP contribution in [0.25, 0.3) is 0 Å². The molecule has 1 fully saturated rings. The normalized spacial score (nSPS) is 17.1. The van der Waals surface area contributed by atoms with Crippen molar-refractivity contribution in [2.75, 3.05) is 32.1 Å². The van der Waals surface area contributed by atoms with Crippen LogP contribution >= 0.6 is 0 Å². The maximum atomic E-state index is 5.10. The number of rotatable bonds is 3. The third kappa shape index (κ3) is 1.80. The van der Waals surface area contributed by atoms with E-state index < -0.39 is 0 Å². The lowest BCUT2D eigenvalue weighted by molar-refractivity contribution is 0.296. The molecule has 5 heteroatoms. The number of hydrogen-bond donors (Lipinski definition) is 1. The molecule has 0 aliphatic carbocycles. The van der Waals surface area contributed by atoms with Crippen molar-refractivity contribution in [2.45, 2.75) is 6.42 Å². The van der Waals surface area contributed by atoms with Gasteiger partial charge in [0.1, 0.15) is 0 Å². The molecular formula is C8H14N4O. The largest absolute Gasteiger partial charge is 0.344 e. The molecule has 0 saturated carbocycles. The average molecular weight is 182 g/mol. The smallest absolute Gasteiger partial charge is 0.265 e. The van der Waals surface area contributed by atoms with Crippen molar-refractivity contribution >= 4 is 5.95 Å². The van der Waals surface area contributed by atoms with Gasteiger partial charge in [-0.25, -0.2) is 0 Å². The molecule has 0 unspecified atom stereocenters. The number of nitrogens with one attached hydrogen (secondary N) is 1. The van der Waals surface area contributed by atoms with E-state index in [2.05, 4.69) is 15.5 Å². The molecule has 72 valence electrons. The first kappa shape index (κ1) is 8.50. The van der Waals surface area contributed by atoms with Crippen LogP contribution < -0.4 is 10.2 Å². The quantitative estimate of drug-likeness (QED) is 0.707. The highest BCUT2D eigenvalue weighted by molar-refractivity contribution is 5.23. The van der Waals surface area contributed by atoms with E-state index in [1.54, 1.807) is 0 Å². The van der Waals surface area contributed by atoms with E-state index in [1.165, 1.54) is 0 Å². The molecule has 5 nitrogen and oxygen atoms in total. The zero-order valence-electron chi connectivity index (χ0n) is 7.95. The fourth-order valence-corrected chi connectivity index (χ4v) is 1.25. The summed E-state index contributed by atoms with van der Waals surface area (Å²) < 4.78 is 5.10. The molecule has 0 radical (unpaired) electrons.